The summed E-state index contributed by atoms with van der Waals surface area (Å²) >= 11 is 0. The Hall–Kier alpha value is -2.16. The van der Waals surface area contributed by atoms with Gasteiger partial charge in [-0.3, -0.25) is 0 Å². The summed E-state index contributed by atoms with van der Waals surface area (Å²) in [7, 11) is 2.01. The molecular weight excluding hydrogens is 272 g/mol. The molecule has 0 aliphatic rings. The van der Waals surface area contributed by atoms with Crippen LogP contribution in [-0.4, -0.2) is 4.98 Å². The highest BCUT2D eigenvalue weighted by atomic mass is 16.3. The summed E-state index contributed by atoms with van der Waals surface area (Å²) in [6.45, 7) is 9.95. The minimum absolute atomic E-state index is 0.446. The third kappa shape index (κ3) is 2.31. The molecule has 0 atom stereocenters. The number of aromatic nitrogens is 2. The van der Waals surface area contributed by atoms with E-state index in [4.69, 9.17) is 5.79 Å². The summed E-state index contributed by atoms with van der Waals surface area (Å²) in [5.74, 6) is -0.408. The standard InChI is InChI=1S/C19H23N2O/c1-11(2)19-20-16-7-8-21(6)17(18(16)22-19)15-10-12(3)9-13(4)14(15)5/h7-11H,1-6H3/q+1/i11D. The van der Waals surface area contributed by atoms with Crippen molar-refractivity contribution < 1.29 is 10.4 Å². The summed E-state index contributed by atoms with van der Waals surface area (Å²) in [6.07, 6.45) is 2.00. The molecule has 3 nitrogen and oxygen atoms in total. The predicted molar refractivity (Wildman–Crippen MR) is 88.9 cm³/mol. The first kappa shape index (κ1) is 13.5. The van der Waals surface area contributed by atoms with Crippen molar-refractivity contribution >= 4 is 11.1 Å². The largest absolute Gasteiger partial charge is 0.433 e. The number of nitrogens with zero attached hydrogens (tertiary/aromatic N) is 2. The van der Waals surface area contributed by atoms with Gasteiger partial charge in [-0.15, -0.1) is 0 Å². The number of aryl methyl sites for hydroxylation is 3. The predicted octanol–water partition coefficient (Wildman–Crippen LogP) is 4.37. The van der Waals surface area contributed by atoms with Gasteiger partial charge in [-0.2, -0.15) is 4.57 Å². The van der Waals surface area contributed by atoms with Gasteiger partial charge >= 0.3 is 0 Å². The fourth-order valence-corrected chi connectivity index (χ4v) is 2.84. The first-order chi connectivity index (χ1) is 10.7. The van der Waals surface area contributed by atoms with Crippen LogP contribution in [0.2, 0.25) is 0 Å². The topological polar surface area (TPSA) is 29.9 Å². The molecule has 0 aliphatic carbocycles. The number of hydrogen-bond donors (Lipinski definition) is 0. The van der Waals surface area contributed by atoms with Crippen LogP contribution in [0.5, 0.6) is 0 Å². The van der Waals surface area contributed by atoms with E-state index in [1.54, 1.807) is 13.8 Å². The molecule has 0 radical (unpaired) electrons. The smallest absolute Gasteiger partial charge is 0.257 e. The quantitative estimate of drug-likeness (QED) is 0.657. The van der Waals surface area contributed by atoms with E-state index >= 15 is 0 Å². The van der Waals surface area contributed by atoms with Crippen molar-refractivity contribution in [3.8, 4) is 11.3 Å². The number of oxazole rings is 1. The van der Waals surface area contributed by atoms with Crippen molar-refractivity contribution in [3.05, 3.63) is 47.0 Å². The van der Waals surface area contributed by atoms with Crippen LogP contribution < -0.4 is 4.57 Å². The Balaban J connectivity index is 2.37. The second kappa shape index (κ2) is 5.24. The Kier molecular flexibility index (Phi) is 3.21. The number of pyridine rings is 1. The molecule has 0 N–H and O–H groups in total. The molecule has 3 heteroatoms. The highest BCUT2D eigenvalue weighted by Gasteiger charge is 2.23. The molecule has 0 aliphatic heterocycles. The summed E-state index contributed by atoms with van der Waals surface area (Å²) in [6, 6.07) is 6.32. The molecule has 3 aromatic rings. The third-order valence-corrected chi connectivity index (χ3v) is 4.17. The van der Waals surface area contributed by atoms with E-state index in [1.807, 2.05) is 19.3 Å². The average molecular weight is 296 g/mol. The lowest BCUT2D eigenvalue weighted by Crippen LogP contribution is -2.30. The lowest BCUT2D eigenvalue weighted by Gasteiger charge is -2.09. The van der Waals surface area contributed by atoms with Gasteiger partial charge < -0.3 is 4.42 Å². The maximum atomic E-state index is 8.18. The Morgan fingerprint density at radius 1 is 1.23 bits per heavy atom. The van der Waals surface area contributed by atoms with E-state index in [0.717, 1.165) is 22.4 Å². The number of fused-ring (bicyclic) bond motifs is 1. The minimum Gasteiger partial charge on any atom is -0.433 e. The monoisotopic (exact) mass is 296 g/mol. The van der Waals surface area contributed by atoms with E-state index in [-0.39, 0.29) is 0 Å². The van der Waals surface area contributed by atoms with E-state index < -0.39 is 5.89 Å². The molecule has 3 rings (SSSR count). The molecule has 0 unspecified atom stereocenters. The molecule has 0 saturated heterocycles. The van der Waals surface area contributed by atoms with Crippen LogP contribution in [0.25, 0.3) is 22.4 Å². The lowest BCUT2D eigenvalue weighted by atomic mass is 9.97. The molecule has 2 heterocycles. The zero-order valence-corrected chi connectivity index (χ0v) is 14.1. The molecule has 2 aromatic heterocycles. The first-order valence-corrected chi connectivity index (χ1v) is 7.56. The van der Waals surface area contributed by atoms with Gasteiger partial charge in [0, 0.05) is 13.3 Å². The SMILES string of the molecule is [2H]C(C)(C)c1nc2cc[n+](C)c(-c3cc(C)cc(C)c3C)c2o1. The lowest BCUT2D eigenvalue weighted by molar-refractivity contribution is -0.659. The van der Waals surface area contributed by atoms with Crippen molar-refractivity contribution in [2.24, 2.45) is 7.05 Å². The number of hydrogen-bond acceptors (Lipinski definition) is 2. The Bertz CT molecular complexity index is 904. The van der Waals surface area contributed by atoms with Gasteiger partial charge in [0.25, 0.3) is 5.69 Å². The summed E-state index contributed by atoms with van der Waals surface area (Å²) < 4.78 is 16.3. The van der Waals surface area contributed by atoms with Crippen molar-refractivity contribution in [1.29, 1.82) is 0 Å². The zero-order chi connectivity index (χ0) is 16.9. The van der Waals surface area contributed by atoms with Crippen molar-refractivity contribution in [3.63, 3.8) is 0 Å². The molecule has 114 valence electrons. The minimum atomic E-state index is -0.855. The Morgan fingerprint density at radius 2 is 1.95 bits per heavy atom. The third-order valence-electron chi connectivity index (χ3n) is 4.17. The first-order valence-electron chi connectivity index (χ1n) is 8.06. The van der Waals surface area contributed by atoms with Gasteiger partial charge in [-0.25, -0.2) is 4.98 Å². The van der Waals surface area contributed by atoms with Gasteiger partial charge in [0.15, 0.2) is 12.1 Å². The Morgan fingerprint density at radius 3 is 2.64 bits per heavy atom. The molecule has 0 saturated carbocycles. The van der Waals surface area contributed by atoms with Crippen LogP contribution in [0, 0.1) is 20.8 Å². The highest BCUT2D eigenvalue weighted by molar-refractivity contribution is 5.87. The fourth-order valence-electron chi connectivity index (χ4n) is 2.84. The molecule has 1 aromatic carbocycles. The number of rotatable bonds is 2. The van der Waals surface area contributed by atoms with Crippen molar-refractivity contribution in [1.82, 2.24) is 4.98 Å². The van der Waals surface area contributed by atoms with Crippen LogP contribution in [0.15, 0.2) is 28.8 Å². The molecular formula is C19H23N2O+. The van der Waals surface area contributed by atoms with E-state index in [1.165, 1.54) is 16.7 Å². The summed E-state index contributed by atoms with van der Waals surface area (Å²) in [4.78, 5) is 4.52. The van der Waals surface area contributed by atoms with E-state index in [2.05, 4.69) is 42.5 Å². The summed E-state index contributed by atoms with van der Waals surface area (Å²) in [5.41, 5.74) is 7.43. The summed E-state index contributed by atoms with van der Waals surface area (Å²) in [5, 5.41) is 0. The Labute approximate surface area is 133 Å². The molecule has 0 spiro atoms. The second-order valence-corrected chi connectivity index (χ2v) is 6.26. The molecule has 22 heavy (non-hydrogen) atoms. The normalized spacial score (nSPS) is 12.7. The van der Waals surface area contributed by atoms with Crippen LogP contribution in [0.1, 0.15) is 43.7 Å². The van der Waals surface area contributed by atoms with Crippen LogP contribution >= 0.6 is 0 Å². The van der Waals surface area contributed by atoms with Crippen LogP contribution in [0.4, 0.5) is 0 Å². The zero-order valence-electron chi connectivity index (χ0n) is 15.1. The fraction of sp³-hybridized carbons (Fsp3) is 0.368. The van der Waals surface area contributed by atoms with Crippen LogP contribution in [0.3, 0.4) is 0 Å². The van der Waals surface area contributed by atoms with E-state index in [9.17, 15) is 0 Å². The van der Waals surface area contributed by atoms with Crippen LogP contribution in [-0.2, 0) is 7.05 Å². The van der Waals surface area contributed by atoms with Crippen molar-refractivity contribution in [2.45, 2.75) is 40.5 Å². The average Bonchev–Trinajstić information content (AvgIpc) is 2.87. The van der Waals surface area contributed by atoms with Gasteiger partial charge in [0.05, 0.1) is 5.56 Å². The molecule has 0 fully saturated rings. The number of benzene rings is 1. The van der Waals surface area contributed by atoms with Gasteiger partial charge in [-0.1, -0.05) is 25.5 Å². The maximum absolute atomic E-state index is 8.18. The second-order valence-electron chi connectivity index (χ2n) is 6.26. The van der Waals surface area contributed by atoms with Gasteiger partial charge in [-0.05, 0) is 38.0 Å². The maximum Gasteiger partial charge on any atom is 0.257 e. The molecule has 0 amide bonds. The van der Waals surface area contributed by atoms with Gasteiger partial charge in [0.2, 0.25) is 5.58 Å². The van der Waals surface area contributed by atoms with Crippen molar-refractivity contribution in [2.75, 3.05) is 0 Å². The molecule has 0 bridgehead atoms. The van der Waals surface area contributed by atoms with E-state index in [0.29, 0.717) is 5.89 Å². The van der Waals surface area contributed by atoms with Gasteiger partial charge in [0.1, 0.15) is 12.6 Å². The highest BCUT2D eigenvalue weighted by Crippen LogP contribution is 2.31.